The molecule has 0 unspecified atom stereocenters. The van der Waals surface area contributed by atoms with Crippen molar-refractivity contribution >= 4 is 35.4 Å². The van der Waals surface area contributed by atoms with Crippen LogP contribution in [0.2, 0.25) is 0 Å². The van der Waals surface area contributed by atoms with Crippen molar-refractivity contribution in [3.8, 4) is 0 Å². The molecule has 32 heavy (non-hydrogen) atoms. The number of hydrogen-bond donors (Lipinski definition) is 4. The van der Waals surface area contributed by atoms with Gasteiger partial charge in [-0.15, -0.1) is 0 Å². The zero-order valence-electron chi connectivity index (χ0n) is 19.9. The molecule has 0 aliphatic rings. The van der Waals surface area contributed by atoms with Crippen molar-refractivity contribution < 1.29 is 28.7 Å². The summed E-state index contributed by atoms with van der Waals surface area (Å²) in [4.78, 5) is 48.1. The molecule has 0 bridgehead atoms. The molecule has 178 valence electrons. The van der Waals surface area contributed by atoms with Crippen molar-refractivity contribution in [3.05, 3.63) is 24.3 Å². The van der Waals surface area contributed by atoms with E-state index < -0.39 is 47.3 Å². The van der Waals surface area contributed by atoms with Crippen LogP contribution in [0.5, 0.6) is 0 Å². The Labute approximate surface area is 188 Å². The number of rotatable bonds is 6. The molecule has 0 saturated heterocycles. The number of nitrogens with one attached hydrogen (secondary N) is 4. The Bertz CT molecular complexity index is 755. The molecule has 0 aromatic heterocycles. The highest BCUT2D eigenvalue weighted by Crippen LogP contribution is 2.15. The Hall–Kier alpha value is -3.30. The summed E-state index contributed by atoms with van der Waals surface area (Å²) in [5, 5.41) is 10.3. The second kappa shape index (κ2) is 10.8. The van der Waals surface area contributed by atoms with Crippen molar-refractivity contribution in [2.75, 3.05) is 10.6 Å². The lowest BCUT2D eigenvalue weighted by molar-refractivity contribution is -0.118. The summed E-state index contributed by atoms with van der Waals surface area (Å²) >= 11 is 0. The van der Waals surface area contributed by atoms with E-state index in [-0.39, 0.29) is 0 Å². The molecule has 10 nitrogen and oxygen atoms in total. The maximum absolute atomic E-state index is 12.3. The molecule has 1 aromatic carbocycles. The molecular formula is C22H34N4O6. The summed E-state index contributed by atoms with van der Waals surface area (Å²) in [6.07, 6.45) is -1.38. The Kier molecular flexibility index (Phi) is 9.05. The Balaban J connectivity index is 2.56. The fraction of sp³-hybridized carbons (Fsp3) is 0.545. The number of hydrogen-bond acceptors (Lipinski definition) is 6. The van der Waals surface area contributed by atoms with E-state index in [1.165, 1.54) is 13.8 Å². The van der Waals surface area contributed by atoms with Gasteiger partial charge < -0.3 is 30.7 Å². The highest BCUT2D eigenvalue weighted by molar-refractivity contribution is 5.98. The largest absolute Gasteiger partial charge is 0.444 e. The van der Waals surface area contributed by atoms with Gasteiger partial charge >= 0.3 is 12.2 Å². The molecule has 0 saturated carbocycles. The topological polar surface area (TPSA) is 135 Å². The Morgan fingerprint density at radius 1 is 0.656 bits per heavy atom. The minimum atomic E-state index is -0.816. The van der Waals surface area contributed by atoms with Gasteiger partial charge in [0.1, 0.15) is 23.3 Å². The molecule has 2 atom stereocenters. The van der Waals surface area contributed by atoms with Crippen LogP contribution < -0.4 is 21.3 Å². The van der Waals surface area contributed by atoms with Gasteiger partial charge in [0, 0.05) is 11.4 Å². The first-order chi connectivity index (χ1) is 14.6. The van der Waals surface area contributed by atoms with Crippen molar-refractivity contribution in [2.45, 2.75) is 78.7 Å². The fourth-order valence-corrected chi connectivity index (χ4v) is 2.24. The third-order valence-electron chi connectivity index (χ3n) is 3.67. The molecule has 0 heterocycles. The maximum Gasteiger partial charge on any atom is 0.408 e. The van der Waals surface area contributed by atoms with Gasteiger partial charge in [-0.25, -0.2) is 9.59 Å². The number of benzene rings is 1. The summed E-state index contributed by atoms with van der Waals surface area (Å²) in [5.41, 5.74) is -0.377. The van der Waals surface area contributed by atoms with Gasteiger partial charge in [-0.1, -0.05) is 0 Å². The van der Waals surface area contributed by atoms with Gasteiger partial charge in [0.15, 0.2) is 0 Å². The van der Waals surface area contributed by atoms with E-state index >= 15 is 0 Å². The summed E-state index contributed by atoms with van der Waals surface area (Å²) in [6, 6.07) is 4.76. The van der Waals surface area contributed by atoms with Crippen LogP contribution >= 0.6 is 0 Å². The van der Waals surface area contributed by atoms with Gasteiger partial charge in [0.2, 0.25) is 11.8 Å². The fourth-order valence-electron chi connectivity index (χ4n) is 2.24. The van der Waals surface area contributed by atoms with Gasteiger partial charge in [-0.3, -0.25) is 9.59 Å². The van der Waals surface area contributed by atoms with Crippen LogP contribution in [-0.4, -0.2) is 47.3 Å². The molecule has 4 amide bonds. The monoisotopic (exact) mass is 450 g/mol. The van der Waals surface area contributed by atoms with Crippen LogP contribution in [0.15, 0.2) is 24.3 Å². The SMILES string of the molecule is C[C@H](NC(=O)OC(C)(C)C)C(=O)Nc1ccc(NC(=O)[C@H](C)NC(=O)OC(C)(C)C)cc1. The number of ether oxygens (including phenoxy) is 2. The van der Waals surface area contributed by atoms with Crippen molar-refractivity contribution in [2.24, 2.45) is 0 Å². The molecule has 0 aliphatic carbocycles. The third kappa shape index (κ3) is 10.6. The minimum absolute atomic E-state index is 0.428. The summed E-state index contributed by atoms with van der Waals surface area (Å²) < 4.78 is 10.2. The molecule has 0 fully saturated rings. The highest BCUT2D eigenvalue weighted by atomic mass is 16.6. The van der Waals surface area contributed by atoms with Crippen LogP contribution in [0.3, 0.4) is 0 Å². The molecule has 0 aliphatic heterocycles. The molecule has 0 radical (unpaired) electrons. The minimum Gasteiger partial charge on any atom is -0.444 e. The predicted octanol–water partition coefficient (Wildman–Crippen LogP) is 3.39. The zero-order valence-corrected chi connectivity index (χ0v) is 19.9. The predicted molar refractivity (Wildman–Crippen MR) is 121 cm³/mol. The first-order valence-corrected chi connectivity index (χ1v) is 10.3. The van der Waals surface area contributed by atoms with Crippen molar-refractivity contribution in [3.63, 3.8) is 0 Å². The zero-order chi connectivity index (χ0) is 24.7. The number of amides is 4. The highest BCUT2D eigenvalue weighted by Gasteiger charge is 2.22. The van der Waals surface area contributed by atoms with Crippen LogP contribution in [0.1, 0.15) is 55.4 Å². The van der Waals surface area contributed by atoms with Crippen LogP contribution in [0.4, 0.5) is 21.0 Å². The molecule has 0 spiro atoms. The second-order valence-electron chi connectivity index (χ2n) is 9.29. The van der Waals surface area contributed by atoms with Gasteiger partial charge in [0.25, 0.3) is 0 Å². The summed E-state index contributed by atoms with van der Waals surface area (Å²) in [7, 11) is 0. The van der Waals surface area contributed by atoms with Crippen LogP contribution in [-0.2, 0) is 19.1 Å². The first kappa shape index (κ1) is 26.7. The molecular weight excluding hydrogens is 416 g/mol. The average Bonchev–Trinajstić information content (AvgIpc) is 2.59. The summed E-state index contributed by atoms with van der Waals surface area (Å²) in [5.74, 6) is -0.856. The summed E-state index contributed by atoms with van der Waals surface area (Å²) in [6.45, 7) is 13.4. The smallest absolute Gasteiger partial charge is 0.408 e. The average molecular weight is 451 g/mol. The lowest BCUT2D eigenvalue weighted by Crippen LogP contribution is -2.44. The molecule has 10 heteroatoms. The molecule has 4 N–H and O–H groups in total. The quantitative estimate of drug-likeness (QED) is 0.525. The van der Waals surface area contributed by atoms with E-state index in [0.717, 1.165) is 0 Å². The van der Waals surface area contributed by atoms with Crippen LogP contribution in [0, 0.1) is 0 Å². The van der Waals surface area contributed by atoms with E-state index in [9.17, 15) is 19.2 Å². The maximum atomic E-state index is 12.3. The molecule has 1 aromatic rings. The normalized spacial score (nSPS) is 13.2. The number of alkyl carbamates (subject to hydrolysis) is 2. The number of carbonyl (C=O) groups is 4. The van der Waals surface area contributed by atoms with E-state index in [1.54, 1.807) is 65.8 Å². The van der Waals surface area contributed by atoms with Crippen LogP contribution in [0.25, 0.3) is 0 Å². The molecule has 1 rings (SSSR count). The third-order valence-corrected chi connectivity index (χ3v) is 3.67. The number of anilines is 2. The lowest BCUT2D eigenvalue weighted by Gasteiger charge is -2.22. The van der Waals surface area contributed by atoms with E-state index in [4.69, 9.17) is 9.47 Å². The Morgan fingerprint density at radius 2 is 0.938 bits per heavy atom. The van der Waals surface area contributed by atoms with E-state index in [0.29, 0.717) is 11.4 Å². The first-order valence-electron chi connectivity index (χ1n) is 10.3. The van der Waals surface area contributed by atoms with Crippen molar-refractivity contribution in [1.82, 2.24) is 10.6 Å². The number of carbonyl (C=O) groups excluding carboxylic acids is 4. The van der Waals surface area contributed by atoms with Crippen molar-refractivity contribution in [1.29, 1.82) is 0 Å². The second-order valence-corrected chi connectivity index (χ2v) is 9.29. The van der Waals surface area contributed by atoms with Gasteiger partial charge in [-0.2, -0.15) is 0 Å². The standard InChI is InChI=1S/C22H34N4O6/c1-13(23-19(29)31-21(3,4)5)17(27)25-15-9-11-16(12-10-15)26-18(28)14(2)24-20(30)32-22(6,7)8/h9-14H,1-8H3,(H,23,29)(H,24,30)(H,25,27)(H,26,28)/t13-,14-/m0/s1. The van der Waals surface area contributed by atoms with Gasteiger partial charge in [0.05, 0.1) is 0 Å². The Morgan fingerprint density at radius 3 is 1.19 bits per heavy atom. The van der Waals surface area contributed by atoms with E-state index in [2.05, 4.69) is 21.3 Å². The van der Waals surface area contributed by atoms with Gasteiger partial charge in [-0.05, 0) is 79.7 Å². The lowest BCUT2D eigenvalue weighted by atomic mass is 10.2. The van der Waals surface area contributed by atoms with E-state index in [1.807, 2.05) is 0 Å².